The van der Waals surface area contributed by atoms with E-state index in [0.717, 1.165) is 4.90 Å². The Labute approximate surface area is 170 Å². The number of hydrogen-bond acceptors (Lipinski definition) is 10. The second-order valence-electron chi connectivity index (χ2n) is 5.73. The standard InChI is InChI=1S/C9H16BrN2O14P3/c10-4-2-12(9(15)11-8(4)14)7-1-5(13)6(24-7)3-23-28(19,20)26-29(21,22)25-27(16,17)18/h4-7,13H,1-3H2,(H,19,20)(H,21,22)(H,11,14,15)(H2,16,17,18)/t4?,5-,6+,7+/m0/s1. The summed E-state index contributed by atoms with van der Waals surface area (Å²) in [6.45, 7) is -0.946. The molecule has 2 heterocycles. The van der Waals surface area contributed by atoms with Gasteiger partial charge in [0.05, 0.1) is 12.7 Å². The predicted octanol–water partition coefficient (Wildman–Crippen LogP) is -0.879. The summed E-state index contributed by atoms with van der Waals surface area (Å²) >= 11 is 3.05. The molecule has 2 rings (SSSR count). The molecule has 0 bridgehead atoms. The molecule has 0 saturated carbocycles. The Morgan fingerprint density at radius 1 is 1.14 bits per heavy atom. The summed E-state index contributed by atoms with van der Waals surface area (Å²) in [6, 6.07) is -0.781. The van der Waals surface area contributed by atoms with E-state index < -0.39 is 65.3 Å². The zero-order valence-electron chi connectivity index (χ0n) is 14.0. The monoisotopic (exact) mass is 548 g/mol. The Morgan fingerprint density at radius 3 is 2.34 bits per heavy atom. The second-order valence-corrected chi connectivity index (χ2v) is 11.3. The Bertz CT molecular complexity index is 803. The number of amides is 3. The minimum Gasteiger partial charge on any atom is -0.390 e. The van der Waals surface area contributed by atoms with E-state index in [9.17, 15) is 33.3 Å². The summed E-state index contributed by atoms with van der Waals surface area (Å²) in [5, 5.41) is 12.0. The van der Waals surface area contributed by atoms with Gasteiger partial charge < -0.3 is 29.4 Å². The quantitative estimate of drug-likeness (QED) is 0.159. The Hall–Kier alpha value is -0.250. The summed E-state index contributed by atoms with van der Waals surface area (Å²) in [4.78, 5) is 59.0. The van der Waals surface area contributed by atoms with Crippen LogP contribution in [0.3, 0.4) is 0 Å². The average Bonchev–Trinajstić information content (AvgIpc) is 2.86. The fourth-order valence-electron chi connectivity index (χ4n) is 2.37. The number of phosphoric ester groups is 1. The maximum Gasteiger partial charge on any atom is 0.490 e. The van der Waals surface area contributed by atoms with Gasteiger partial charge in [-0.05, 0) is 0 Å². The molecule has 20 heteroatoms. The Morgan fingerprint density at radius 2 is 1.76 bits per heavy atom. The number of halogens is 1. The van der Waals surface area contributed by atoms with Crippen molar-refractivity contribution in [2.24, 2.45) is 0 Å². The van der Waals surface area contributed by atoms with Crippen molar-refractivity contribution in [1.82, 2.24) is 10.2 Å². The molecular weight excluding hydrogens is 533 g/mol. The summed E-state index contributed by atoms with van der Waals surface area (Å²) < 4.78 is 50.3. The van der Waals surface area contributed by atoms with Crippen LogP contribution in [-0.4, -0.2) is 77.9 Å². The van der Waals surface area contributed by atoms with Crippen LogP contribution in [-0.2, 0) is 36.4 Å². The molecule has 2 saturated heterocycles. The lowest BCUT2D eigenvalue weighted by atomic mass is 10.2. The van der Waals surface area contributed by atoms with E-state index in [4.69, 9.17) is 19.4 Å². The summed E-state index contributed by atoms with van der Waals surface area (Å²) in [5.41, 5.74) is 0. The molecule has 6 atom stereocenters. The largest absolute Gasteiger partial charge is 0.490 e. The van der Waals surface area contributed by atoms with Crippen LogP contribution in [0.2, 0.25) is 0 Å². The number of alkyl halides is 1. The van der Waals surface area contributed by atoms with Crippen molar-refractivity contribution in [1.29, 1.82) is 0 Å². The number of rotatable bonds is 8. The number of phosphoric acid groups is 3. The Balaban J connectivity index is 1.93. The number of imide groups is 1. The zero-order chi connectivity index (χ0) is 22.2. The van der Waals surface area contributed by atoms with Gasteiger partial charge >= 0.3 is 29.5 Å². The predicted molar refractivity (Wildman–Crippen MR) is 92.1 cm³/mol. The molecule has 168 valence electrons. The van der Waals surface area contributed by atoms with Crippen molar-refractivity contribution in [2.45, 2.75) is 29.7 Å². The molecule has 2 aliphatic heterocycles. The fraction of sp³-hybridized carbons (Fsp3) is 0.778. The number of ether oxygens (including phenoxy) is 1. The highest BCUT2D eigenvalue weighted by atomic mass is 79.9. The van der Waals surface area contributed by atoms with Crippen molar-refractivity contribution in [3.05, 3.63) is 0 Å². The maximum absolute atomic E-state index is 11.9. The first kappa shape index (κ1) is 25.0. The molecule has 0 aromatic heterocycles. The molecule has 3 amide bonds. The van der Waals surface area contributed by atoms with Gasteiger partial charge in [0.2, 0.25) is 5.91 Å². The normalized spacial score (nSPS) is 32.6. The number of aliphatic hydroxyl groups is 1. The number of nitrogens with zero attached hydrogens (tertiary/aromatic N) is 1. The van der Waals surface area contributed by atoms with E-state index in [1.165, 1.54) is 0 Å². The average molecular weight is 549 g/mol. The molecule has 0 radical (unpaired) electrons. The molecule has 0 aliphatic carbocycles. The van der Waals surface area contributed by atoms with Crippen LogP contribution in [0.5, 0.6) is 0 Å². The first-order valence-corrected chi connectivity index (χ1v) is 12.9. The summed E-state index contributed by atoms with van der Waals surface area (Å²) in [7, 11) is -16.6. The van der Waals surface area contributed by atoms with Crippen LogP contribution in [0.1, 0.15) is 6.42 Å². The third-order valence-electron chi connectivity index (χ3n) is 3.50. The lowest BCUT2D eigenvalue weighted by Crippen LogP contribution is -2.58. The highest BCUT2D eigenvalue weighted by Gasteiger charge is 2.45. The first-order chi connectivity index (χ1) is 13.1. The van der Waals surface area contributed by atoms with Crippen LogP contribution >= 0.6 is 39.4 Å². The summed E-state index contributed by atoms with van der Waals surface area (Å²) in [6.07, 6.45) is -3.76. The number of carbonyl (C=O) groups is 2. The molecule has 3 unspecified atom stereocenters. The van der Waals surface area contributed by atoms with E-state index in [0.29, 0.717) is 0 Å². The van der Waals surface area contributed by atoms with Gasteiger partial charge in [-0.15, -0.1) is 0 Å². The molecule has 16 nitrogen and oxygen atoms in total. The van der Waals surface area contributed by atoms with E-state index in [1.54, 1.807) is 0 Å². The van der Waals surface area contributed by atoms with E-state index in [-0.39, 0.29) is 13.0 Å². The SMILES string of the molecule is O=C1NC(=O)N([C@H]2C[C@H](O)[C@@H](COP(=O)(O)OP(=O)(O)OP(=O)(O)O)O2)CC1Br. The van der Waals surface area contributed by atoms with Crippen LogP contribution in [0, 0.1) is 0 Å². The fourth-order valence-corrected chi connectivity index (χ4v) is 5.83. The van der Waals surface area contributed by atoms with Gasteiger partial charge in [-0.3, -0.25) is 19.5 Å². The molecule has 0 aromatic rings. The molecule has 2 fully saturated rings. The third-order valence-corrected chi connectivity index (χ3v) is 8.01. The molecular formula is C9H16BrN2O14P3. The lowest BCUT2D eigenvalue weighted by molar-refractivity contribution is -0.123. The highest BCUT2D eigenvalue weighted by Crippen LogP contribution is 2.66. The number of nitrogens with one attached hydrogen (secondary N) is 1. The van der Waals surface area contributed by atoms with Gasteiger partial charge in [0.1, 0.15) is 17.2 Å². The lowest BCUT2D eigenvalue weighted by Gasteiger charge is -2.33. The molecule has 0 spiro atoms. The van der Waals surface area contributed by atoms with Crippen molar-refractivity contribution in [3.8, 4) is 0 Å². The van der Waals surface area contributed by atoms with Crippen LogP contribution in [0.4, 0.5) is 4.79 Å². The van der Waals surface area contributed by atoms with Crippen LogP contribution < -0.4 is 5.32 Å². The molecule has 0 aromatic carbocycles. The van der Waals surface area contributed by atoms with Gasteiger partial charge in [-0.25, -0.2) is 18.5 Å². The molecule has 2 aliphatic rings. The molecule has 29 heavy (non-hydrogen) atoms. The van der Waals surface area contributed by atoms with Gasteiger partial charge in [0.25, 0.3) is 0 Å². The summed E-state index contributed by atoms with van der Waals surface area (Å²) in [5.74, 6) is -0.561. The van der Waals surface area contributed by atoms with Gasteiger partial charge in [0, 0.05) is 13.0 Å². The zero-order valence-corrected chi connectivity index (χ0v) is 18.3. The van der Waals surface area contributed by atoms with Crippen molar-refractivity contribution in [3.63, 3.8) is 0 Å². The number of urea groups is 1. The van der Waals surface area contributed by atoms with Crippen LogP contribution in [0.25, 0.3) is 0 Å². The maximum atomic E-state index is 11.9. The van der Waals surface area contributed by atoms with E-state index in [2.05, 4.69) is 34.4 Å². The van der Waals surface area contributed by atoms with Crippen LogP contribution in [0.15, 0.2) is 0 Å². The number of hydrogen-bond donors (Lipinski definition) is 6. The smallest absolute Gasteiger partial charge is 0.390 e. The van der Waals surface area contributed by atoms with E-state index in [1.807, 2.05) is 0 Å². The number of aliphatic hydroxyl groups excluding tert-OH is 1. The number of carbonyl (C=O) groups excluding carboxylic acids is 2. The van der Waals surface area contributed by atoms with Gasteiger partial charge in [0.15, 0.2) is 0 Å². The molecule has 6 N–H and O–H groups in total. The highest BCUT2D eigenvalue weighted by molar-refractivity contribution is 9.10. The Kier molecular flexibility index (Phi) is 7.84. The minimum absolute atomic E-state index is 0.0787. The topological polar surface area (TPSA) is 239 Å². The van der Waals surface area contributed by atoms with Crippen molar-refractivity contribution >= 4 is 51.3 Å². The second kappa shape index (κ2) is 9.09. The third kappa shape index (κ3) is 7.43. The first-order valence-electron chi connectivity index (χ1n) is 7.46. The van der Waals surface area contributed by atoms with Crippen molar-refractivity contribution < 1.29 is 65.8 Å². The van der Waals surface area contributed by atoms with Gasteiger partial charge in [-0.2, -0.15) is 8.62 Å². The minimum atomic E-state index is -5.67. The van der Waals surface area contributed by atoms with E-state index >= 15 is 0 Å². The van der Waals surface area contributed by atoms with Gasteiger partial charge in [-0.1, -0.05) is 15.9 Å². The van der Waals surface area contributed by atoms with Crippen molar-refractivity contribution in [2.75, 3.05) is 13.2 Å².